The van der Waals surface area contributed by atoms with Crippen LogP contribution in [0.25, 0.3) is 21.5 Å². The fraction of sp³-hybridized carbons (Fsp3) is 0.211. The van der Waals surface area contributed by atoms with Gasteiger partial charge in [0.05, 0.1) is 0 Å². The number of hydrogen-bond donors (Lipinski definition) is 0. The van der Waals surface area contributed by atoms with Gasteiger partial charge in [-0.15, -0.1) is 0 Å². The molecule has 1 aliphatic rings. The second-order valence-electron chi connectivity index (χ2n) is 5.59. The first-order valence-corrected chi connectivity index (χ1v) is 7.13. The molecule has 0 unspecified atom stereocenters. The van der Waals surface area contributed by atoms with Crippen molar-refractivity contribution in [2.45, 2.75) is 25.7 Å². The van der Waals surface area contributed by atoms with E-state index in [4.69, 9.17) is 0 Å². The van der Waals surface area contributed by atoms with Crippen LogP contribution in [0.4, 0.5) is 0 Å². The van der Waals surface area contributed by atoms with Gasteiger partial charge < -0.3 is 0 Å². The Balaban J connectivity index is 2.19. The van der Waals surface area contributed by atoms with E-state index in [9.17, 15) is 0 Å². The van der Waals surface area contributed by atoms with Gasteiger partial charge in [-0.1, -0.05) is 42.5 Å². The maximum atomic E-state index is 4.25. The van der Waals surface area contributed by atoms with Crippen LogP contribution in [0, 0.1) is 6.92 Å². The molecule has 1 radical (unpaired) electrons. The molecule has 1 aliphatic carbocycles. The van der Waals surface area contributed by atoms with Crippen LogP contribution in [0.3, 0.4) is 0 Å². The molecule has 0 heterocycles. The van der Waals surface area contributed by atoms with Gasteiger partial charge in [-0.25, -0.2) is 0 Å². The molecule has 0 fully saturated rings. The largest absolute Gasteiger partial charge is 0.0616 e. The van der Waals surface area contributed by atoms with Crippen molar-refractivity contribution in [3.8, 4) is 0 Å². The first-order chi connectivity index (χ1) is 9.34. The highest BCUT2D eigenvalue weighted by Crippen LogP contribution is 2.34. The van der Waals surface area contributed by atoms with Crippen molar-refractivity contribution >= 4 is 21.5 Å². The molecule has 0 aliphatic heterocycles. The summed E-state index contributed by atoms with van der Waals surface area (Å²) < 4.78 is 0. The van der Waals surface area contributed by atoms with Gasteiger partial charge in [-0.2, -0.15) is 0 Å². The van der Waals surface area contributed by atoms with Crippen LogP contribution in [0.15, 0.2) is 42.5 Å². The summed E-state index contributed by atoms with van der Waals surface area (Å²) in [7, 11) is 0. The number of aryl methyl sites for hydroxylation is 2. The molecule has 0 heteroatoms. The molecule has 0 saturated carbocycles. The summed E-state index contributed by atoms with van der Waals surface area (Å²) in [5.74, 6) is 0. The van der Waals surface area contributed by atoms with Gasteiger partial charge in [0, 0.05) is 0 Å². The molecule has 0 atom stereocenters. The minimum atomic E-state index is 1.15. The van der Waals surface area contributed by atoms with Crippen LogP contribution in [0.2, 0.25) is 0 Å². The van der Waals surface area contributed by atoms with E-state index < -0.39 is 0 Å². The van der Waals surface area contributed by atoms with Crippen molar-refractivity contribution < 1.29 is 0 Å². The number of benzene rings is 3. The monoisotopic (exact) mass is 245 g/mol. The molecule has 93 valence electrons. The van der Waals surface area contributed by atoms with Crippen molar-refractivity contribution in [3.63, 3.8) is 0 Å². The van der Waals surface area contributed by atoms with E-state index in [2.05, 4.69) is 49.4 Å². The van der Waals surface area contributed by atoms with Crippen LogP contribution in [0.5, 0.6) is 0 Å². The molecular formula is C19H17. The van der Waals surface area contributed by atoms with E-state index in [0.717, 1.165) is 5.56 Å². The number of hydrogen-bond acceptors (Lipinski definition) is 0. The zero-order chi connectivity index (χ0) is 12.8. The topological polar surface area (TPSA) is 0 Å². The number of fused-ring (bicyclic) bond motifs is 5. The average Bonchev–Trinajstić information content (AvgIpc) is 2.47. The SMILES string of the molecule is [CH2]c1cc2c3c(ccc2c2ccccc12)CCCC3. The van der Waals surface area contributed by atoms with Crippen molar-refractivity contribution in [2.75, 3.05) is 0 Å². The minimum Gasteiger partial charge on any atom is -0.0616 e. The van der Waals surface area contributed by atoms with Crippen molar-refractivity contribution in [2.24, 2.45) is 0 Å². The summed E-state index contributed by atoms with van der Waals surface area (Å²) >= 11 is 0. The second-order valence-corrected chi connectivity index (χ2v) is 5.59. The van der Waals surface area contributed by atoms with Crippen LogP contribution in [0.1, 0.15) is 29.5 Å². The molecule has 0 spiro atoms. The normalized spacial score (nSPS) is 14.8. The highest BCUT2D eigenvalue weighted by Gasteiger charge is 2.14. The summed E-state index contributed by atoms with van der Waals surface area (Å²) in [6.07, 6.45) is 5.13. The predicted octanol–water partition coefficient (Wildman–Crippen LogP) is 5.05. The first kappa shape index (κ1) is 11.0. The maximum absolute atomic E-state index is 4.25. The lowest BCUT2D eigenvalue weighted by Gasteiger charge is -2.19. The summed E-state index contributed by atoms with van der Waals surface area (Å²) in [6.45, 7) is 4.25. The summed E-state index contributed by atoms with van der Waals surface area (Å²) in [5.41, 5.74) is 4.27. The summed E-state index contributed by atoms with van der Waals surface area (Å²) in [5, 5.41) is 5.45. The van der Waals surface area contributed by atoms with Crippen molar-refractivity contribution in [1.29, 1.82) is 0 Å². The fourth-order valence-electron chi connectivity index (χ4n) is 3.51. The molecular weight excluding hydrogens is 228 g/mol. The third-order valence-corrected chi connectivity index (χ3v) is 4.46. The standard InChI is InChI=1S/C19H17/c1-13-12-19-16-8-3-2-6-14(16)10-11-18(19)17-9-5-4-7-15(13)17/h4-5,7,9-12H,1-3,6,8H2. The molecule has 0 nitrogen and oxygen atoms in total. The first-order valence-electron chi connectivity index (χ1n) is 7.13. The quantitative estimate of drug-likeness (QED) is 0.486. The van der Waals surface area contributed by atoms with Crippen LogP contribution in [-0.4, -0.2) is 0 Å². The third-order valence-electron chi connectivity index (χ3n) is 4.46. The Morgan fingerprint density at radius 3 is 2.37 bits per heavy atom. The lowest BCUT2D eigenvalue weighted by molar-refractivity contribution is 0.690. The average molecular weight is 245 g/mol. The minimum absolute atomic E-state index is 1.15. The van der Waals surface area contributed by atoms with Gasteiger partial charge in [0.25, 0.3) is 0 Å². The van der Waals surface area contributed by atoms with Gasteiger partial charge >= 0.3 is 0 Å². The van der Waals surface area contributed by atoms with Crippen LogP contribution >= 0.6 is 0 Å². The van der Waals surface area contributed by atoms with Gasteiger partial charge in [0.2, 0.25) is 0 Å². The Bertz CT molecular complexity index is 781. The Kier molecular flexibility index (Phi) is 2.38. The van der Waals surface area contributed by atoms with Gasteiger partial charge in [-0.05, 0) is 70.8 Å². The van der Waals surface area contributed by atoms with Crippen LogP contribution < -0.4 is 0 Å². The Labute approximate surface area is 114 Å². The maximum Gasteiger partial charge on any atom is -0.0102 e. The van der Waals surface area contributed by atoms with E-state index in [0.29, 0.717) is 0 Å². The molecule has 0 saturated heterocycles. The number of rotatable bonds is 0. The van der Waals surface area contributed by atoms with Gasteiger partial charge in [-0.3, -0.25) is 0 Å². The Morgan fingerprint density at radius 1 is 0.737 bits per heavy atom. The lowest BCUT2D eigenvalue weighted by Crippen LogP contribution is -2.03. The lowest BCUT2D eigenvalue weighted by atomic mass is 9.85. The zero-order valence-corrected chi connectivity index (χ0v) is 11.1. The predicted molar refractivity (Wildman–Crippen MR) is 82.6 cm³/mol. The van der Waals surface area contributed by atoms with Gasteiger partial charge in [0.1, 0.15) is 0 Å². The summed E-state index contributed by atoms with van der Waals surface area (Å²) in [6, 6.07) is 15.6. The van der Waals surface area contributed by atoms with E-state index in [1.165, 1.54) is 47.2 Å². The fourth-order valence-corrected chi connectivity index (χ4v) is 3.51. The van der Waals surface area contributed by atoms with Crippen molar-refractivity contribution in [3.05, 3.63) is 66.1 Å². The van der Waals surface area contributed by atoms with Crippen LogP contribution in [-0.2, 0) is 12.8 Å². The molecule has 3 aromatic rings. The Morgan fingerprint density at radius 2 is 1.47 bits per heavy atom. The highest BCUT2D eigenvalue weighted by molar-refractivity contribution is 6.10. The smallest absolute Gasteiger partial charge is 0.0102 e. The molecule has 0 aromatic heterocycles. The molecule has 0 N–H and O–H groups in total. The molecule has 0 amide bonds. The van der Waals surface area contributed by atoms with Gasteiger partial charge in [0.15, 0.2) is 0 Å². The molecule has 19 heavy (non-hydrogen) atoms. The Hall–Kier alpha value is -1.82. The van der Waals surface area contributed by atoms with E-state index in [1.807, 2.05) is 0 Å². The van der Waals surface area contributed by atoms with E-state index in [-0.39, 0.29) is 0 Å². The van der Waals surface area contributed by atoms with Crippen molar-refractivity contribution in [1.82, 2.24) is 0 Å². The third kappa shape index (κ3) is 1.59. The van der Waals surface area contributed by atoms with E-state index in [1.54, 1.807) is 11.1 Å². The summed E-state index contributed by atoms with van der Waals surface area (Å²) in [4.78, 5) is 0. The molecule has 0 bridgehead atoms. The zero-order valence-electron chi connectivity index (χ0n) is 11.1. The van der Waals surface area contributed by atoms with E-state index >= 15 is 0 Å². The molecule has 4 rings (SSSR count). The highest BCUT2D eigenvalue weighted by atomic mass is 14.2. The molecule has 3 aromatic carbocycles. The second kappa shape index (κ2) is 4.09.